The van der Waals surface area contributed by atoms with Crippen molar-refractivity contribution >= 4 is 5.91 Å². The van der Waals surface area contributed by atoms with Crippen molar-refractivity contribution in [3.8, 4) is 0 Å². The molecule has 1 saturated heterocycles. The lowest BCUT2D eigenvalue weighted by molar-refractivity contribution is -0.132. The van der Waals surface area contributed by atoms with E-state index in [2.05, 4.69) is 13.8 Å². The van der Waals surface area contributed by atoms with Gasteiger partial charge in [-0.3, -0.25) is 4.79 Å². The summed E-state index contributed by atoms with van der Waals surface area (Å²) in [4.78, 5) is 13.7. The highest BCUT2D eigenvalue weighted by molar-refractivity contribution is 5.76. The van der Waals surface area contributed by atoms with Gasteiger partial charge < -0.3 is 10.0 Å². The number of likely N-dealkylation sites (tertiary alicyclic amines) is 1. The van der Waals surface area contributed by atoms with Crippen molar-refractivity contribution in [2.75, 3.05) is 13.1 Å². The first kappa shape index (κ1) is 12.5. The maximum atomic E-state index is 11.8. The molecule has 3 nitrogen and oxygen atoms in total. The van der Waals surface area contributed by atoms with E-state index in [4.69, 9.17) is 0 Å². The van der Waals surface area contributed by atoms with Crippen LogP contribution in [0.25, 0.3) is 0 Å². The highest BCUT2D eigenvalue weighted by atomic mass is 16.3. The van der Waals surface area contributed by atoms with Gasteiger partial charge in [-0.05, 0) is 32.1 Å². The molecule has 1 heterocycles. The van der Waals surface area contributed by atoms with Crippen LogP contribution in [0.15, 0.2) is 0 Å². The smallest absolute Gasteiger partial charge is 0.222 e. The summed E-state index contributed by atoms with van der Waals surface area (Å²) in [7, 11) is 0. The molecule has 1 aliphatic rings. The van der Waals surface area contributed by atoms with Gasteiger partial charge in [0.25, 0.3) is 0 Å². The lowest BCUT2D eigenvalue weighted by Gasteiger charge is -2.23. The Kier molecular flexibility index (Phi) is 4.14. The number of hydrogen-bond acceptors (Lipinski definition) is 2. The standard InChI is InChI=1S/C12H23NO2/c1-10(2)9-11(14)13-7-4-5-12(3,15)6-8-13/h10,15H,4-9H2,1-3H3. The van der Waals surface area contributed by atoms with Gasteiger partial charge in [-0.2, -0.15) is 0 Å². The van der Waals surface area contributed by atoms with E-state index in [-0.39, 0.29) is 5.91 Å². The zero-order chi connectivity index (χ0) is 11.5. The molecule has 88 valence electrons. The van der Waals surface area contributed by atoms with Crippen molar-refractivity contribution < 1.29 is 9.90 Å². The Morgan fingerprint density at radius 1 is 1.40 bits per heavy atom. The highest BCUT2D eigenvalue weighted by Gasteiger charge is 2.26. The van der Waals surface area contributed by atoms with Crippen LogP contribution in [-0.2, 0) is 4.79 Å². The van der Waals surface area contributed by atoms with E-state index in [9.17, 15) is 9.90 Å². The molecule has 0 bridgehead atoms. The molecular weight excluding hydrogens is 190 g/mol. The molecule has 0 aromatic rings. The number of carbonyl (C=O) groups is 1. The number of hydrogen-bond donors (Lipinski definition) is 1. The monoisotopic (exact) mass is 213 g/mol. The maximum Gasteiger partial charge on any atom is 0.222 e. The van der Waals surface area contributed by atoms with E-state index in [1.807, 2.05) is 11.8 Å². The normalized spacial score (nSPS) is 27.9. The van der Waals surface area contributed by atoms with Crippen molar-refractivity contribution in [1.29, 1.82) is 0 Å². The molecule has 1 atom stereocenters. The second kappa shape index (κ2) is 4.97. The van der Waals surface area contributed by atoms with E-state index < -0.39 is 5.60 Å². The number of rotatable bonds is 2. The third kappa shape index (κ3) is 4.20. The number of amides is 1. The molecule has 0 saturated carbocycles. The number of aliphatic hydroxyl groups is 1. The molecule has 15 heavy (non-hydrogen) atoms. The van der Waals surface area contributed by atoms with Crippen LogP contribution in [0.3, 0.4) is 0 Å². The van der Waals surface area contributed by atoms with Gasteiger partial charge in [-0.1, -0.05) is 13.8 Å². The van der Waals surface area contributed by atoms with Crippen LogP contribution < -0.4 is 0 Å². The Bertz CT molecular complexity index is 224. The minimum atomic E-state index is -0.577. The number of nitrogens with zero attached hydrogens (tertiary/aromatic N) is 1. The average Bonchev–Trinajstić information content (AvgIpc) is 2.25. The Hall–Kier alpha value is -0.570. The second-order valence-electron chi connectivity index (χ2n) is 5.33. The zero-order valence-electron chi connectivity index (χ0n) is 10.1. The molecule has 1 aliphatic heterocycles. The summed E-state index contributed by atoms with van der Waals surface area (Å²) in [6.07, 6.45) is 3.05. The molecule has 3 heteroatoms. The van der Waals surface area contributed by atoms with Crippen molar-refractivity contribution in [3.05, 3.63) is 0 Å². The quantitative estimate of drug-likeness (QED) is 0.760. The van der Waals surface area contributed by atoms with Crippen molar-refractivity contribution in [3.63, 3.8) is 0 Å². The fourth-order valence-electron chi connectivity index (χ4n) is 1.99. The molecule has 1 fully saturated rings. The third-order valence-electron chi connectivity index (χ3n) is 3.00. The van der Waals surface area contributed by atoms with Crippen molar-refractivity contribution in [2.24, 2.45) is 5.92 Å². The predicted molar refractivity (Wildman–Crippen MR) is 60.5 cm³/mol. The summed E-state index contributed by atoms with van der Waals surface area (Å²) in [6.45, 7) is 7.50. The summed E-state index contributed by atoms with van der Waals surface area (Å²) in [5, 5.41) is 9.90. The van der Waals surface area contributed by atoms with Gasteiger partial charge in [0, 0.05) is 19.5 Å². The summed E-state index contributed by atoms with van der Waals surface area (Å²) in [6, 6.07) is 0. The molecule has 0 spiro atoms. The van der Waals surface area contributed by atoms with Crippen molar-refractivity contribution in [1.82, 2.24) is 4.90 Å². The lowest BCUT2D eigenvalue weighted by Crippen LogP contribution is -2.34. The van der Waals surface area contributed by atoms with Gasteiger partial charge in [-0.25, -0.2) is 0 Å². The number of carbonyl (C=O) groups excluding carboxylic acids is 1. The second-order valence-corrected chi connectivity index (χ2v) is 5.33. The first-order valence-corrected chi connectivity index (χ1v) is 5.91. The molecule has 0 radical (unpaired) electrons. The Morgan fingerprint density at radius 2 is 2.07 bits per heavy atom. The van der Waals surface area contributed by atoms with Crippen LogP contribution in [0.2, 0.25) is 0 Å². The minimum Gasteiger partial charge on any atom is -0.390 e. The topological polar surface area (TPSA) is 40.5 Å². The summed E-state index contributed by atoms with van der Waals surface area (Å²) >= 11 is 0. The molecule has 0 aromatic heterocycles. The largest absolute Gasteiger partial charge is 0.390 e. The fraction of sp³-hybridized carbons (Fsp3) is 0.917. The minimum absolute atomic E-state index is 0.239. The van der Waals surface area contributed by atoms with Crippen LogP contribution in [0, 0.1) is 5.92 Å². The van der Waals surface area contributed by atoms with Gasteiger partial charge in [0.1, 0.15) is 0 Å². The third-order valence-corrected chi connectivity index (χ3v) is 3.00. The predicted octanol–water partition coefficient (Wildman–Crippen LogP) is 1.80. The summed E-state index contributed by atoms with van der Waals surface area (Å²) in [5.41, 5.74) is -0.577. The molecule has 1 rings (SSSR count). The maximum absolute atomic E-state index is 11.8. The molecule has 0 aromatic carbocycles. The van der Waals surface area contributed by atoms with Gasteiger partial charge >= 0.3 is 0 Å². The van der Waals surface area contributed by atoms with Crippen LogP contribution in [0.5, 0.6) is 0 Å². The Labute approximate surface area is 92.5 Å². The first-order chi connectivity index (χ1) is 6.91. The van der Waals surface area contributed by atoms with Gasteiger partial charge in [0.15, 0.2) is 0 Å². The average molecular weight is 213 g/mol. The summed E-state index contributed by atoms with van der Waals surface area (Å²) in [5.74, 6) is 0.656. The fourth-order valence-corrected chi connectivity index (χ4v) is 1.99. The van der Waals surface area contributed by atoms with E-state index >= 15 is 0 Å². The first-order valence-electron chi connectivity index (χ1n) is 5.91. The summed E-state index contributed by atoms with van der Waals surface area (Å²) < 4.78 is 0. The van der Waals surface area contributed by atoms with E-state index in [1.165, 1.54) is 0 Å². The Morgan fingerprint density at radius 3 is 2.67 bits per heavy atom. The van der Waals surface area contributed by atoms with Crippen LogP contribution in [0.1, 0.15) is 46.5 Å². The van der Waals surface area contributed by atoms with Crippen LogP contribution >= 0.6 is 0 Å². The van der Waals surface area contributed by atoms with E-state index in [1.54, 1.807) is 0 Å². The Balaban J connectivity index is 2.47. The highest BCUT2D eigenvalue weighted by Crippen LogP contribution is 2.22. The molecule has 1 unspecified atom stereocenters. The van der Waals surface area contributed by atoms with E-state index in [0.717, 1.165) is 19.4 Å². The van der Waals surface area contributed by atoms with Gasteiger partial charge in [-0.15, -0.1) is 0 Å². The van der Waals surface area contributed by atoms with E-state index in [0.29, 0.717) is 25.3 Å². The SMILES string of the molecule is CC(C)CC(=O)N1CCCC(C)(O)CC1. The molecule has 1 N–H and O–H groups in total. The van der Waals surface area contributed by atoms with Crippen molar-refractivity contribution in [2.45, 2.75) is 52.1 Å². The lowest BCUT2D eigenvalue weighted by atomic mass is 9.98. The molecule has 0 aliphatic carbocycles. The van der Waals surface area contributed by atoms with Gasteiger partial charge in [0.05, 0.1) is 5.60 Å². The van der Waals surface area contributed by atoms with Gasteiger partial charge in [0.2, 0.25) is 5.91 Å². The van der Waals surface area contributed by atoms with Crippen LogP contribution in [0.4, 0.5) is 0 Å². The molecular formula is C12H23NO2. The zero-order valence-corrected chi connectivity index (χ0v) is 10.1. The van der Waals surface area contributed by atoms with Crippen LogP contribution in [-0.4, -0.2) is 34.6 Å². The molecule has 1 amide bonds.